The van der Waals surface area contributed by atoms with Gasteiger partial charge in [-0.2, -0.15) is 5.10 Å². The van der Waals surface area contributed by atoms with Crippen LogP contribution in [0.4, 0.5) is 5.69 Å². The number of aryl methyl sites for hydroxylation is 1. The summed E-state index contributed by atoms with van der Waals surface area (Å²) in [7, 11) is 3.37. The number of nitrogens with one attached hydrogen (secondary N) is 1. The van der Waals surface area contributed by atoms with Gasteiger partial charge in [0.15, 0.2) is 5.65 Å². The van der Waals surface area contributed by atoms with Crippen LogP contribution < -0.4 is 5.32 Å². The van der Waals surface area contributed by atoms with Gasteiger partial charge >= 0.3 is 0 Å². The lowest BCUT2D eigenvalue weighted by molar-refractivity contribution is 0.0828. The molecule has 7 heteroatoms. The van der Waals surface area contributed by atoms with Crippen molar-refractivity contribution in [1.82, 2.24) is 19.7 Å². The Hall–Kier alpha value is -3.22. The van der Waals surface area contributed by atoms with Gasteiger partial charge < -0.3 is 10.2 Å². The highest BCUT2D eigenvalue weighted by Crippen LogP contribution is 2.29. The van der Waals surface area contributed by atoms with Gasteiger partial charge in [-0.1, -0.05) is 26.0 Å². The van der Waals surface area contributed by atoms with E-state index in [9.17, 15) is 9.59 Å². The number of aromatic nitrogens is 3. The predicted molar refractivity (Wildman–Crippen MR) is 124 cm³/mol. The lowest BCUT2D eigenvalue weighted by Crippen LogP contribution is -2.24. The fraction of sp³-hybridized carbons (Fsp3) is 0.417. The maximum Gasteiger partial charge on any atom is 0.256 e. The van der Waals surface area contributed by atoms with E-state index in [2.05, 4.69) is 26.1 Å². The number of para-hydroxylation sites is 1. The molecule has 0 radical (unpaired) electrons. The summed E-state index contributed by atoms with van der Waals surface area (Å²) in [6, 6.07) is 8.86. The van der Waals surface area contributed by atoms with E-state index in [0.717, 1.165) is 16.8 Å². The van der Waals surface area contributed by atoms with Gasteiger partial charge in [0.05, 0.1) is 33.4 Å². The summed E-state index contributed by atoms with van der Waals surface area (Å²) in [4.78, 5) is 32.3. The first kappa shape index (κ1) is 22.5. The van der Waals surface area contributed by atoms with Gasteiger partial charge in [0.2, 0.25) is 0 Å². The maximum atomic E-state index is 13.5. The van der Waals surface area contributed by atoms with Crippen LogP contribution in [0.25, 0.3) is 11.0 Å². The lowest BCUT2D eigenvalue weighted by atomic mass is 10.0. The second kappa shape index (κ2) is 8.13. The number of anilines is 1. The molecular formula is C24H31N5O2. The Bertz CT molecular complexity index is 1150. The number of nitrogens with zero attached hydrogens (tertiary/aromatic N) is 4. The third-order valence-corrected chi connectivity index (χ3v) is 5.12. The molecule has 0 aliphatic carbocycles. The van der Waals surface area contributed by atoms with Crippen LogP contribution in [0.5, 0.6) is 0 Å². The highest BCUT2D eigenvalue weighted by atomic mass is 16.2. The first-order valence-electron chi connectivity index (χ1n) is 10.4. The molecule has 0 atom stereocenters. The summed E-state index contributed by atoms with van der Waals surface area (Å²) in [5.74, 6) is -0.317. The van der Waals surface area contributed by atoms with Crippen LogP contribution in [-0.2, 0) is 5.54 Å². The maximum absolute atomic E-state index is 13.5. The first-order valence-corrected chi connectivity index (χ1v) is 10.4. The first-order chi connectivity index (χ1) is 14.4. The second-order valence-corrected chi connectivity index (χ2v) is 9.32. The van der Waals surface area contributed by atoms with Crippen LogP contribution in [0.2, 0.25) is 0 Å². The van der Waals surface area contributed by atoms with E-state index < -0.39 is 0 Å². The Morgan fingerprint density at radius 2 is 1.74 bits per heavy atom. The summed E-state index contributed by atoms with van der Waals surface area (Å²) in [5.41, 5.74) is 3.40. The number of hydrogen-bond acceptors (Lipinski definition) is 4. The summed E-state index contributed by atoms with van der Waals surface area (Å²) in [6.07, 6.45) is 0. The zero-order valence-electron chi connectivity index (χ0n) is 19.6. The van der Waals surface area contributed by atoms with Gasteiger partial charge in [-0.3, -0.25) is 9.59 Å². The molecule has 1 aromatic carbocycles. The van der Waals surface area contributed by atoms with Crippen molar-refractivity contribution in [2.24, 2.45) is 0 Å². The van der Waals surface area contributed by atoms with Gasteiger partial charge in [-0.05, 0) is 51.8 Å². The molecule has 0 spiro atoms. The Morgan fingerprint density at radius 3 is 2.32 bits per heavy atom. The van der Waals surface area contributed by atoms with Crippen molar-refractivity contribution in [3.63, 3.8) is 0 Å². The highest BCUT2D eigenvalue weighted by molar-refractivity contribution is 6.14. The zero-order chi connectivity index (χ0) is 23.1. The molecule has 7 nitrogen and oxygen atoms in total. The molecule has 0 saturated carbocycles. The number of amides is 2. The number of benzene rings is 1. The molecule has 3 aromatic rings. The molecule has 0 aliphatic rings. The average Bonchev–Trinajstić information content (AvgIpc) is 3.04. The van der Waals surface area contributed by atoms with E-state index >= 15 is 0 Å². The minimum absolute atomic E-state index is 0.141. The van der Waals surface area contributed by atoms with Gasteiger partial charge in [-0.25, -0.2) is 9.67 Å². The van der Waals surface area contributed by atoms with Gasteiger partial charge in [-0.15, -0.1) is 0 Å². The minimum atomic E-state index is -0.287. The molecule has 31 heavy (non-hydrogen) atoms. The topological polar surface area (TPSA) is 80.1 Å². The SMILES string of the molecule is Cc1nn(C(C)(C)C)c2nc(C(C)C)cc(C(=O)Nc3ccccc3C(=O)N(C)C)c12. The highest BCUT2D eigenvalue weighted by Gasteiger charge is 2.26. The molecule has 0 fully saturated rings. The van der Waals surface area contributed by atoms with Crippen LogP contribution in [0.1, 0.15) is 72.6 Å². The summed E-state index contributed by atoms with van der Waals surface area (Å²) in [5, 5.41) is 8.37. The second-order valence-electron chi connectivity index (χ2n) is 9.32. The van der Waals surface area contributed by atoms with Crippen molar-refractivity contribution < 1.29 is 9.59 Å². The number of fused-ring (bicyclic) bond motifs is 1. The van der Waals surface area contributed by atoms with Crippen LogP contribution in [0.3, 0.4) is 0 Å². The van der Waals surface area contributed by atoms with Crippen LogP contribution in [0.15, 0.2) is 30.3 Å². The normalized spacial score (nSPS) is 11.8. The molecular weight excluding hydrogens is 390 g/mol. The fourth-order valence-corrected chi connectivity index (χ4v) is 3.46. The van der Waals surface area contributed by atoms with E-state index in [-0.39, 0.29) is 23.3 Å². The van der Waals surface area contributed by atoms with Crippen molar-refractivity contribution >= 4 is 28.5 Å². The smallest absolute Gasteiger partial charge is 0.256 e. The van der Waals surface area contributed by atoms with Crippen LogP contribution in [-0.4, -0.2) is 45.6 Å². The molecule has 2 amide bonds. The van der Waals surface area contributed by atoms with Gasteiger partial charge in [0.1, 0.15) is 0 Å². The minimum Gasteiger partial charge on any atom is -0.345 e. The van der Waals surface area contributed by atoms with E-state index in [0.29, 0.717) is 22.5 Å². The molecule has 1 N–H and O–H groups in total. The largest absolute Gasteiger partial charge is 0.345 e. The fourth-order valence-electron chi connectivity index (χ4n) is 3.46. The molecule has 0 saturated heterocycles. The number of pyridine rings is 1. The Balaban J connectivity index is 2.16. The lowest BCUT2D eigenvalue weighted by Gasteiger charge is -2.20. The van der Waals surface area contributed by atoms with E-state index in [1.165, 1.54) is 4.90 Å². The van der Waals surface area contributed by atoms with Crippen molar-refractivity contribution in [2.45, 2.75) is 53.0 Å². The average molecular weight is 422 g/mol. The quantitative estimate of drug-likeness (QED) is 0.669. The monoisotopic (exact) mass is 421 g/mol. The number of rotatable bonds is 4. The van der Waals surface area contributed by atoms with Crippen molar-refractivity contribution in [2.75, 3.05) is 19.4 Å². The summed E-state index contributed by atoms with van der Waals surface area (Å²) >= 11 is 0. The third-order valence-electron chi connectivity index (χ3n) is 5.12. The van der Waals surface area contributed by atoms with E-state index in [4.69, 9.17) is 10.1 Å². The molecule has 2 heterocycles. The van der Waals surface area contributed by atoms with Crippen LogP contribution in [0, 0.1) is 6.92 Å². The molecule has 2 aromatic heterocycles. The Labute approximate surface area is 183 Å². The molecule has 0 aliphatic heterocycles. The number of carbonyl (C=O) groups excluding carboxylic acids is 2. The predicted octanol–water partition coefficient (Wildman–Crippen LogP) is 4.57. The number of carbonyl (C=O) groups is 2. The molecule has 0 unspecified atom stereocenters. The molecule has 0 bridgehead atoms. The third kappa shape index (κ3) is 4.31. The van der Waals surface area contributed by atoms with Crippen molar-refractivity contribution in [3.8, 4) is 0 Å². The summed E-state index contributed by atoms with van der Waals surface area (Å²) in [6.45, 7) is 12.2. The Kier molecular flexibility index (Phi) is 5.89. The van der Waals surface area contributed by atoms with Gasteiger partial charge in [0.25, 0.3) is 11.8 Å². The van der Waals surface area contributed by atoms with Gasteiger partial charge in [0, 0.05) is 19.8 Å². The molecule has 164 valence electrons. The summed E-state index contributed by atoms with van der Waals surface area (Å²) < 4.78 is 1.88. The van der Waals surface area contributed by atoms with E-state index in [1.807, 2.05) is 31.5 Å². The van der Waals surface area contributed by atoms with Crippen molar-refractivity contribution in [1.29, 1.82) is 0 Å². The van der Waals surface area contributed by atoms with Crippen molar-refractivity contribution in [3.05, 3.63) is 52.8 Å². The number of hydrogen-bond donors (Lipinski definition) is 1. The van der Waals surface area contributed by atoms with Crippen LogP contribution >= 0.6 is 0 Å². The standard InChI is InChI=1S/C24H31N5O2/c1-14(2)19-13-17(20-15(3)27-29(21(20)25-19)24(4,5)6)22(30)26-18-12-10-9-11-16(18)23(31)28(7)8/h9-14H,1-8H3,(H,26,30). The molecule has 3 rings (SSSR count). The zero-order valence-corrected chi connectivity index (χ0v) is 19.6. The Morgan fingerprint density at radius 1 is 1.10 bits per heavy atom. The van der Waals surface area contributed by atoms with E-state index in [1.54, 1.807) is 38.4 Å².